The summed E-state index contributed by atoms with van der Waals surface area (Å²) in [6.45, 7) is 3.70. The van der Waals surface area contributed by atoms with Gasteiger partial charge in [-0.3, -0.25) is 0 Å². The molecule has 1 N–H and O–H groups in total. The van der Waals surface area contributed by atoms with Crippen molar-refractivity contribution in [1.29, 1.82) is 0 Å². The Kier molecular flexibility index (Phi) is 3.24. The van der Waals surface area contributed by atoms with Crippen molar-refractivity contribution in [2.24, 2.45) is 23.7 Å². The van der Waals surface area contributed by atoms with E-state index in [1.807, 2.05) is 0 Å². The van der Waals surface area contributed by atoms with Gasteiger partial charge in [0, 0.05) is 6.04 Å². The summed E-state index contributed by atoms with van der Waals surface area (Å²) in [4.78, 5) is 0. The van der Waals surface area contributed by atoms with Gasteiger partial charge < -0.3 is 5.32 Å². The van der Waals surface area contributed by atoms with E-state index in [0.717, 1.165) is 29.7 Å². The number of hydrogen-bond donors (Lipinski definition) is 1. The van der Waals surface area contributed by atoms with E-state index in [0.29, 0.717) is 0 Å². The first kappa shape index (κ1) is 11.1. The van der Waals surface area contributed by atoms with Crippen molar-refractivity contribution >= 4 is 0 Å². The summed E-state index contributed by atoms with van der Waals surface area (Å²) in [6, 6.07) is 0.855. The second kappa shape index (κ2) is 4.68. The van der Waals surface area contributed by atoms with Crippen LogP contribution in [0.3, 0.4) is 0 Å². The minimum Gasteiger partial charge on any atom is -0.314 e. The maximum Gasteiger partial charge on any atom is 0.00697 e. The lowest BCUT2D eigenvalue weighted by atomic mass is 9.86. The monoisotopic (exact) mass is 221 g/mol. The number of nitrogens with one attached hydrogen (secondary N) is 1. The molecular weight excluding hydrogens is 194 g/mol. The average Bonchev–Trinajstić information content (AvgIpc) is 2.94. The lowest BCUT2D eigenvalue weighted by Gasteiger charge is -2.22. The lowest BCUT2D eigenvalue weighted by Crippen LogP contribution is -2.29. The summed E-state index contributed by atoms with van der Waals surface area (Å²) in [5.41, 5.74) is 0. The third kappa shape index (κ3) is 2.30. The summed E-state index contributed by atoms with van der Waals surface area (Å²) in [5, 5.41) is 3.80. The first-order chi connectivity index (χ1) is 7.81. The van der Waals surface area contributed by atoms with E-state index in [1.165, 1.54) is 32.2 Å². The van der Waals surface area contributed by atoms with Gasteiger partial charge in [-0.25, -0.2) is 0 Å². The molecule has 3 rings (SSSR count). The maximum atomic E-state index is 3.80. The van der Waals surface area contributed by atoms with Gasteiger partial charge in [0.2, 0.25) is 0 Å². The van der Waals surface area contributed by atoms with Crippen LogP contribution >= 0.6 is 0 Å². The third-order valence-corrected chi connectivity index (χ3v) is 5.53. The molecule has 3 aliphatic carbocycles. The Balaban J connectivity index is 1.35. The van der Waals surface area contributed by atoms with E-state index in [2.05, 4.69) is 12.2 Å². The third-order valence-electron chi connectivity index (χ3n) is 5.53. The smallest absolute Gasteiger partial charge is 0.00697 e. The first-order valence-electron chi connectivity index (χ1n) is 7.54. The zero-order chi connectivity index (χ0) is 11.0. The van der Waals surface area contributed by atoms with Crippen molar-refractivity contribution in [2.75, 3.05) is 6.54 Å². The van der Waals surface area contributed by atoms with Crippen molar-refractivity contribution in [3.63, 3.8) is 0 Å². The normalized spacial score (nSPS) is 46.7. The van der Waals surface area contributed by atoms with Gasteiger partial charge in [0.1, 0.15) is 0 Å². The molecule has 0 heterocycles. The number of fused-ring (bicyclic) bond motifs is 2. The molecule has 0 aliphatic heterocycles. The van der Waals surface area contributed by atoms with Crippen LogP contribution in [-0.4, -0.2) is 12.6 Å². The van der Waals surface area contributed by atoms with Crippen molar-refractivity contribution < 1.29 is 0 Å². The molecular formula is C15H27N. The van der Waals surface area contributed by atoms with Crippen LogP contribution in [0.5, 0.6) is 0 Å². The highest BCUT2D eigenvalue weighted by atomic mass is 14.9. The Morgan fingerprint density at radius 1 is 1.00 bits per heavy atom. The molecule has 1 heteroatoms. The molecule has 0 saturated heterocycles. The zero-order valence-electron chi connectivity index (χ0n) is 10.8. The van der Waals surface area contributed by atoms with Gasteiger partial charge in [-0.05, 0) is 75.2 Å². The van der Waals surface area contributed by atoms with E-state index in [4.69, 9.17) is 0 Å². The Bertz CT molecular complexity index is 238. The Morgan fingerprint density at radius 2 is 1.94 bits per heavy atom. The van der Waals surface area contributed by atoms with Crippen LogP contribution in [0.2, 0.25) is 0 Å². The predicted octanol–water partition coefficient (Wildman–Crippen LogP) is 3.59. The van der Waals surface area contributed by atoms with Crippen LogP contribution in [0.1, 0.15) is 58.3 Å². The molecule has 92 valence electrons. The van der Waals surface area contributed by atoms with Gasteiger partial charge in [0.25, 0.3) is 0 Å². The fourth-order valence-electron chi connectivity index (χ4n) is 4.60. The number of hydrogen-bond acceptors (Lipinski definition) is 1. The molecule has 0 aromatic heterocycles. The molecule has 5 unspecified atom stereocenters. The van der Waals surface area contributed by atoms with E-state index in [9.17, 15) is 0 Å². The van der Waals surface area contributed by atoms with Crippen LogP contribution < -0.4 is 5.32 Å². The molecule has 3 saturated carbocycles. The van der Waals surface area contributed by atoms with Gasteiger partial charge in [0.15, 0.2) is 0 Å². The Labute approximate surface area is 100 Å². The van der Waals surface area contributed by atoms with Gasteiger partial charge in [-0.2, -0.15) is 0 Å². The van der Waals surface area contributed by atoms with Gasteiger partial charge in [-0.1, -0.05) is 13.3 Å². The molecule has 16 heavy (non-hydrogen) atoms. The largest absolute Gasteiger partial charge is 0.314 e. The van der Waals surface area contributed by atoms with Crippen molar-refractivity contribution in [1.82, 2.24) is 5.32 Å². The lowest BCUT2D eigenvalue weighted by molar-refractivity contribution is 0.304. The predicted molar refractivity (Wildman–Crippen MR) is 68.4 cm³/mol. The summed E-state index contributed by atoms with van der Waals surface area (Å²) in [6.07, 6.45) is 12.0. The summed E-state index contributed by atoms with van der Waals surface area (Å²) in [5.74, 6) is 4.31. The fourth-order valence-corrected chi connectivity index (χ4v) is 4.60. The summed E-state index contributed by atoms with van der Waals surface area (Å²) < 4.78 is 0. The molecule has 1 nitrogen and oxygen atoms in total. The van der Waals surface area contributed by atoms with E-state index in [-0.39, 0.29) is 0 Å². The fraction of sp³-hybridized carbons (Fsp3) is 1.00. The quantitative estimate of drug-likeness (QED) is 0.765. The Morgan fingerprint density at radius 3 is 2.56 bits per heavy atom. The molecule has 3 aliphatic rings. The molecule has 0 amide bonds. The minimum atomic E-state index is 0.855. The van der Waals surface area contributed by atoms with E-state index >= 15 is 0 Å². The average molecular weight is 221 g/mol. The van der Waals surface area contributed by atoms with Crippen LogP contribution in [0.25, 0.3) is 0 Å². The topological polar surface area (TPSA) is 12.0 Å². The van der Waals surface area contributed by atoms with Gasteiger partial charge in [-0.15, -0.1) is 0 Å². The molecule has 3 fully saturated rings. The minimum absolute atomic E-state index is 0.855. The van der Waals surface area contributed by atoms with Crippen molar-refractivity contribution in [3.05, 3.63) is 0 Å². The highest BCUT2D eigenvalue weighted by Crippen LogP contribution is 2.49. The molecule has 2 bridgehead atoms. The maximum absolute atomic E-state index is 3.80. The van der Waals surface area contributed by atoms with Crippen LogP contribution in [0.15, 0.2) is 0 Å². The summed E-state index contributed by atoms with van der Waals surface area (Å²) in [7, 11) is 0. The summed E-state index contributed by atoms with van der Waals surface area (Å²) >= 11 is 0. The second-order valence-corrected chi connectivity index (χ2v) is 6.79. The molecule has 0 aromatic carbocycles. The number of rotatable bonds is 4. The first-order valence-corrected chi connectivity index (χ1v) is 7.54. The van der Waals surface area contributed by atoms with E-state index < -0.39 is 0 Å². The highest BCUT2D eigenvalue weighted by Gasteiger charge is 2.38. The standard InChI is InChI=1S/C15H27N/c1-11-2-5-15(8-11)16-7-6-14-10-12-3-4-13(14)9-12/h11-16H,2-10H2,1H3. The van der Waals surface area contributed by atoms with Crippen LogP contribution in [0.4, 0.5) is 0 Å². The Hall–Kier alpha value is -0.0400. The van der Waals surface area contributed by atoms with Crippen LogP contribution in [-0.2, 0) is 0 Å². The molecule has 0 radical (unpaired) electrons. The van der Waals surface area contributed by atoms with Crippen molar-refractivity contribution in [3.8, 4) is 0 Å². The van der Waals surface area contributed by atoms with E-state index in [1.54, 1.807) is 25.7 Å². The second-order valence-electron chi connectivity index (χ2n) is 6.79. The van der Waals surface area contributed by atoms with Crippen LogP contribution in [0, 0.1) is 23.7 Å². The molecule has 5 atom stereocenters. The highest BCUT2D eigenvalue weighted by molar-refractivity contribution is 4.90. The van der Waals surface area contributed by atoms with Gasteiger partial charge in [0.05, 0.1) is 0 Å². The zero-order valence-corrected chi connectivity index (χ0v) is 10.8. The molecule has 0 spiro atoms. The van der Waals surface area contributed by atoms with Crippen molar-refractivity contribution in [2.45, 2.75) is 64.3 Å². The molecule has 0 aromatic rings. The van der Waals surface area contributed by atoms with Gasteiger partial charge >= 0.3 is 0 Å². The SMILES string of the molecule is CC1CCC(NCCC2CC3CCC2C3)C1.